The molecule has 1 aliphatic carbocycles. The van der Waals surface area contributed by atoms with E-state index in [1.807, 2.05) is 30.3 Å². The number of allylic oxidation sites excluding steroid dienone is 1. The minimum Gasteiger partial charge on any atom is -0.325 e. The van der Waals surface area contributed by atoms with Crippen molar-refractivity contribution in [3.8, 4) is 0 Å². The zero-order valence-electron chi connectivity index (χ0n) is 12.8. The molecule has 116 valence electrons. The van der Waals surface area contributed by atoms with Gasteiger partial charge in [-0.25, -0.2) is 0 Å². The first-order valence-corrected chi connectivity index (χ1v) is 8.21. The summed E-state index contributed by atoms with van der Waals surface area (Å²) in [6.45, 7) is 0. The number of hydrogen-bond acceptors (Lipinski definition) is 3. The number of hydrazone groups is 1. The molecular formula is C18H23N3O. The Hall–Kier alpha value is -2.10. The maximum atomic E-state index is 12.1. The van der Waals surface area contributed by atoms with E-state index in [1.54, 1.807) is 6.21 Å². The summed E-state index contributed by atoms with van der Waals surface area (Å²) in [5.74, 6) is 0.821. The van der Waals surface area contributed by atoms with Crippen molar-refractivity contribution in [3.63, 3.8) is 0 Å². The Morgan fingerprint density at radius 1 is 1.23 bits per heavy atom. The highest BCUT2D eigenvalue weighted by molar-refractivity contribution is 5.94. The third kappa shape index (κ3) is 3.97. The van der Waals surface area contributed by atoms with Crippen LogP contribution in [-0.4, -0.2) is 12.1 Å². The standard InChI is InChI=1S/C18H23N3O/c22-18(11-10-14-6-2-1-3-7-14)20-16-12-15-8-4-5-9-17(15)21-19-13-16/h4-5,8-9,12-14,21H,1-3,6-7,10-11H2,(H,20,22). The molecule has 1 fully saturated rings. The van der Waals surface area contributed by atoms with Gasteiger partial charge in [0.15, 0.2) is 0 Å². The fraction of sp³-hybridized carbons (Fsp3) is 0.444. The van der Waals surface area contributed by atoms with Crippen LogP contribution in [0.5, 0.6) is 0 Å². The lowest BCUT2D eigenvalue weighted by Crippen LogP contribution is -2.24. The molecule has 0 bridgehead atoms. The molecule has 0 radical (unpaired) electrons. The van der Waals surface area contributed by atoms with E-state index in [0.29, 0.717) is 6.42 Å². The minimum absolute atomic E-state index is 0.0858. The molecule has 0 spiro atoms. The Labute approximate surface area is 131 Å². The highest BCUT2D eigenvalue weighted by atomic mass is 16.1. The van der Waals surface area contributed by atoms with Crippen LogP contribution < -0.4 is 10.7 Å². The highest BCUT2D eigenvalue weighted by Gasteiger charge is 2.15. The molecule has 1 saturated carbocycles. The van der Waals surface area contributed by atoms with Gasteiger partial charge in [-0.3, -0.25) is 10.2 Å². The van der Waals surface area contributed by atoms with Gasteiger partial charge in [-0.1, -0.05) is 50.3 Å². The summed E-state index contributed by atoms with van der Waals surface area (Å²) in [6, 6.07) is 7.91. The first-order chi connectivity index (χ1) is 10.8. The van der Waals surface area contributed by atoms with Gasteiger partial charge in [0, 0.05) is 12.0 Å². The summed E-state index contributed by atoms with van der Waals surface area (Å²) in [7, 11) is 0. The van der Waals surface area contributed by atoms with Crippen molar-refractivity contribution in [1.29, 1.82) is 0 Å². The van der Waals surface area contributed by atoms with Crippen molar-refractivity contribution in [2.75, 3.05) is 5.43 Å². The number of nitrogens with one attached hydrogen (secondary N) is 2. The predicted octanol–water partition coefficient (Wildman–Crippen LogP) is 3.92. The number of carbonyl (C=O) groups is 1. The van der Waals surface area contributed by atoms with E-state index in [9.17, 15) is 4.79 Å². The van der Waals surface area contributed by atoms with E-state index < -0.39 is 0 Å². The predicted molar refractivity (Wildman–Crippen MR) is 90.5 cm³/mol. The Bertz CT molecular complexity index is 586. The van der Waals surface area contributed by atoms with E-state index in [-0.39, 0.29) is 5.91 Å². The van der Waals surface area contributed by atoms with E-state index in [1.165, 1.54) is 32.1 Å². The molecule has 0 saturated heterocycles. The second-order valence-electron chi connectivity index (χ2n) is 6.15. The van der Waals surface area contributed by atoms with E-state index >= 15 is 0 Å². The maximum Gasteiger partial charge on any atom is 0.224 e. The molecule has 22 heavy (non-hydrogen) atoms. The number of rotatable bonds is 4. The lowest BCUT2D eigenvalue weighted by Gasteiger charge is -2.21. The molecule has 3 rings (SSSR count). The fourth-order valence-electron chi connectivity index (χ4n) is 3.20. The van der Waals surface area contributed by atoms with Crippen LogP contribution >= 0.6 is 0 Å². The molecule has 2 aliphatic rings. The highest BCUT2D eigenvalue weighted by Crippen LogP contribution is 2.27. The van der Waals surface area contributed by atoms with Gasteiger partial charge in [0.2, 0.25) is 5.91 Å². The summed E-state index contributed by atoms with van der Waals surface area (Å²) in [5.41, 5.74) is 5.70. The Kier molecular flexibility index (Phi) is 4.88. The number of amides is 1. The second kappa shape index (κ2) is 7.25. The number of benzene rings is 1. The third-order valence-corrected chi connectivity index (χ3v) is 4.45. The molecule has 1 aromatic carbocycles. The van der Waals surface area contributed by atoms with Crippen LogP contribution in [-0.2, 0) is 4.79 Å². The molecule has 0 atom stereocenters. The van der Waals surface area contributed by atoms with E-state index in [4.69, 9.17) is 0 Å². The van der Waals surface area contributed by atoms with Crippen molar-refractivity contribution >= 4 is 23.9 Å². The number of anilines is 1. The average molecular weight is 297 g/mol. The minimum atomic E-state index is 0.0858. The van der Waals surface area contributed by atoms with E-state index in [2.05, 4.69) is 15.8 Å². The zero-order chi connectivity index (χ0) is 15.2. The van der Waals surface area contributed by atoms with Crippen LogP contribution in [0, 0.1) is 5.92 Å². The van der Waals surface area contributed by atoms with Gasteiger partial charge in [0.1, 0.15) is 0 Å². The van der Waals surface area contributed by atoms with Crippen LogP contribution in [0.2, 0.25) is 0 Å². The molecule has 1 amide bonds. The summed E-state index contributed by atoms with van der Waals surface area (Å²) in [6.07, 6.45) is 11.8. The maximum absolute atomic E-state index is 12.1. The third-order valence-electron chi connectivity index (χ3n) is 4.45. The summed E-state index contributed by atoms with van der Waals surface area (Å²) < 4.78 is 0. The summed E-state index contributed by atoms with van der Waals surface area (Å²) in [4.78, 5) is 12.1. The molecule has 0 aromatic heterocycles. The monoisotopic (exact) mass is 297 g/mol. The van der Waals surface area contributed by atoms with Crippen LogP contribution in [0.3, 0.4) is 0 Å². The Morgan fingerprint density at radius 3 is 2.91 bits per heavy atom. The number of carbonyl (C=O) groups excluding carboxylic acids is 1. The molecule has 2 N–H and O–H groups in total. The zero-order valence-corrected chi connectivity index (χ0v) is 12.8. The molecule has 0 unspecified atom stereocenters. The molecular weight excluding hydrogens is 274 g/mol. The fourth-order valence-corrected chi connectivity index (χ4v) is 3.20. The summed E-state index contributed by atoms with van der Waals surface area (Å²) >= 11 is 0. The second-order valence-corrected chi connectivity index (χ2v) is 6.15. The van der Waals surface area contributed by atoms with Gasteiger partial charge >= 0.3 is 0 Å². The molecule has 4 heteroatoms. The summed E-state index contributed by atoms with van der Waals surface area (Å²) in [5, 5.41) is 7.11. The smallest absolute Gasteiger partial charge is 0.224 e. The SMILES string of the molecule is O=C(CCC1CCCCC1)NC1=Cc2ccccc2NN=C1. The number of hydrogen-bond donors (Lipinski definition) is 2. The Balaban J connectivity index is 1.55. The lowest BCUT2D eigenvalue weighted by molar-refractivity contribution is -0.120. The van der Waals surface area contributed by atoms with Crippen molar-refractivity contribution in [3.05, 3.63) is 35.5 Å². The molecule has 1 aromatic rings. The number of fused-ring (bicyclic) bond motifs is 1. The lowest BCUT2D eigenvalue weighted by atomic mass is 9.86. The van der Waals surface area contributed by atoms with Crippen molar-refractivity contribution in [1.82, 2.24) is 5.32 Å². The van der Waals surface area contributed by atoms with Gasteiger partial charge in [0.25, 0.3) is 0 Å². The molecule has 1 aliphatic heterocycles. The molecule has 4 nitrogen and oxygen atoms in total. The van der Waals surface area contributed by atoms with Crippen molar-refractivity contribution < 1.29 is 4.79 Å². The van der Waals surface area contributed by atoms with Crippen LogP contribution in [0.4, 0.5) is 5.69 Å². The normalized spacial score (nSPS) is 17.9. The van der Waals surface area contributed by atoms with Gasteiger partial charge in [-0.2, -0.15) is 5.10 Å². The van der Waals surface area contributed by atoms with Crippen molar-refractivity contribution in [2.24, 2.45) is 11.0 Å². The first-order valence-electron chi connectivity index (χ1n) is 8.21. The van der Waals surface area contributed by atoms with Gasteiger partial charge in [-0.05, 0) is 24.5 Å². The van der Waals surface area contributed by atoms with Gasteiger partial charge < -0.3 is 5.32 Å². The average Bonchev–Trinajstić information content (AvgIpc) is 2.75. The van der Waals surface area contributed by atoms with E-state index in [0.717, 1.165) is 29.3 Å². The van der Waals surface area contributed by atoms with Crippen LogP contribution in [0.15, 0.2) is 35.1 Å². The largest absolute Gasteiger partial charge is 0.325 e. The quantitative estimate of drug-likeness (QED) is 0.885. The van der Waals surface area contributed by atoms with Crippen LogP contribution in [0.25, 0.3) is 6.08 Å². The molecule has 1 heterocycles. The first kappa shape index (κ1) is 14.8. The Morgan fingerprint density at radius 2 is 2.05 bits per heavy atom. The van der Waals surface area contributed by atoms with Gasteiger partial charge in [0.05, 0.1) is 17.6 Å². The van der Waals surface area contributed by atoms with Crippen LogP contribution in [0.1, 0.15) is 50.5 Å². The number of para-hydroxylation sites is 1. The topological polar surface area (TPSA) is 53.5 Å². The van der Waals surface area contributed by atoms with Gasteiger partial charge in [-0.15, -0.1) is 0 Å². The van der Waals surface area contributed by atoms with Crippen molar-refractivity contribution in [2.45, 2.75) is 44.9 Å². The number of nitrogens with zero attached hydrogens (tertiary/aromatic N) is 1.